The van der Waals surface area contributed by atoms with Gasteiger partial charge in [-0.05, 0) is 31.5 Å². The normalized spacial score (nSPS) is 9.90. The molecule has 0 saturated carbocycles. The standard InChI is InChI=1S/C15H17N5/c1-10-14(17-3)18-11(2)19-15(10)20-13-6-4-12(5-7-13)8-9-16/h4-7H,8H2,1-3H3,(H2,17,18,19,20). The van der Waals surface area contributed by atoms with Crippen molar-refractivity contribution in [3.63, 3.8) is 0 Å². The predicted molar refractivity (Wildman–Crippen MR) is 80.1 cm³/mol. The molecule has 5 heteroatoms. The van der Waals surface area contributed by atoms with Gasteiger partial charge in [0.2, 0.25) is 0 Å². The van der Waals surface area contributed by atoms with Crippen LogP contribution < -0.4 is 10.6 Å². The fourth-order valence-corrected chi connectivity index (χ4v) is 1.93. The molecule has 0 aliphatic rings. The summed E-state index contributed by atoms with van der Waals surface area (Å²) in [5, 5.41) is 15.0. The largest absolute Gasteiger partial charge is 0.373 e. The molecule has 0 fully saturated rings. The first-order valence-corrected chi connectivity index (χ1v) is 6.40. The van der Waals surface area contributed by atoms with Gasteiger partial charge in [-0.15, -0.1) is 0 Å². The Bertz CT molecular complexity index is 641. The molecule has 0 radical (unpaired) electrons. The van der Waals surface area contributed by atoms with E-state index in [4.69, 9.17) is 5.26 Å². The van der Waals surface area contributed by atoms with Crippen molar-refractivity contribution in [1.82, 2.24) is 9.97 Å². The smallest absolute Gasteiger partial charge is 0.139 e. The third-order valence-electron chi connectivity index (χ3n) is 2.99. The molecule has 1 aromatic heterocycles. The van der Waals surface area contributed by atoms with Gasteiger partial charge in [0, 0.05) is 18.3 Å². The summed E-state index contributed by atoms with van der Waals surface area (Å²) in [5.74, 6) is 2.32. The van der Waals surface area contributed by atoms with Crippen molar-refractivity contribution in [2.75, 3.05) is 17.7 Å². The van der Waals surface area contributed by atoms with Crippen LogP contribution in [0.25, 0.3) is 0 Å². The Morgan fingerprint density at radius 1 is 1.10 bits per heavy atom. The fourth-order valence-electron chi connectivity index (χ4n) is 1.93. The lowest BCUT2D eigenvalue weighted by Gasteiger charge is -2.12. The van der Waals surface area contributed by atoms with Crippen LogP contribution >= 0.6 is 0 Å². The van der Waals surface area contributed by atoms with Gasteiger partial charge in [-0.1, -0.05) is 12.1 Å². The molecule has 1 aromatic carbocycles. The van der Waals surface area contributed by atoms with Gasteiger partial charge in [0.1, 0.15) is 17.5 Å². The van der Waals surface area contributed by atoms with E-state index in [0.717, 1.165) is 28.5 Å². The lowest BCUT2D eigenvalue weighted by atomic mass is 10.1. The van der Waals surface area contributed by atoms with Crippen LogP contribution in [-0.4, -0.2) is 17.0 Å². The first-order valence-electron chi connectivity index (χ1n) is 6.40. The van der Waals surface area contributed by atoms with E-state index in [0.29, 0.717) is 12.2 Å². The minimum absolute atomic E-state index is 0.426. The fraction of sp³-hybridized carbons (Fsp3) is 0.267. The van der Waals surface area contributed by atoms with E-state index in [-0.39, 0.29) is 0 Å². The summed E-state index contributed by atoms with van der Waals surface area (Å²) in [6.45, 7) is 3.83. The third kappa shape index (κ3) is 3.04. The lowest BCUT2D eigenvalue weighted by molar-refractivity contribution is 1.03. The van der Waals surface area contributed by atoms with Gasteiger partial charge in [-0.3, -0.25) is 0 Å². The Balaban J connectivity index is 2.26. The van der Waals surface area contributed by atoms with E-state index in [1.54, 1.807) is 0 Å². The summed E-state index contributed by atoms with van der Waals surface area (Å²) < 4.78 is 0. The van der Waals surface area contributed by atoms with Gasteiger partial charge in [-0.25, -0.2) is 9.97 Å². The molecule has 2 N–H and O–H groups in total. The van der Waals surface area contributed by atoms with E-state index in [1.807, 2.05) is 45.2 Å². The average Bonchev–Trinajstić information content (AvgIpc) is 2.45. The van der Waals surface area contributed by atoms with Gasteiger partial charge < -0.3 is 10.6 Å². The number of nitrogens with zero attached hydrogens (tertiary/aromatic N) is 3. The van der Waals surface area contributed by atoms with Gasteiger partial charge in [-0.2, -0.15) is 5.26 Å². The first kappa shape index (κ1) is 13.8. The van der Waals surface area contributed by atoms with Crippen molar-refractivity contribution in [1.29, 1.82) is 5.26 Å². The lowest BCUT2D eigenvalue weighted by Crippen LogP contribution is -2.05. The molecular formula is C15H17N5. The third-order valence-corrected chi connectivity index (χ3v) is 2.99. The second-order valence-corrected chi connectivity index (χ2v) is 4.50. The van der Waals surface area contributed by atoms with Crippen LogP contribution in [0.4, 0.5) is 17.3 Å². The van der Waals surface area contributed by atoms with Crippen LogP contribution in [0.5, 0.6) is 0 Å². The van der Waals surface area contributed by atoms with Crippen LogP contribution in [0.1, 0.15) is 17.0 Å². The number of nitrogens with one attached hydrogen (secondary N) is 2. The zero-order valence-electron chi connectivity index (χ0n) is 11.9. The topological polar surface area (TPSA) is 73.6 Å². The number of benzene rings is 1. The predicted octanol–water partition coefficient (Wildman–Crippen LogP) is 2.94. The molecule has 0 unspecified atom stereocenters. The summed E-state index contributed by atoms with van der Waals surface area (Å²) in [7, 11) is 1.84. The Hall–Kier alpha value is -2.61. The summed E-state index contributed by atoms with van der Waals surface area (Å²) in [4.78, 5) is 8.75. The highest BCUT2D eigenvalue weighted by Gasteiger charge is 2.08. The molecule has 102 valence electrons. The van der Waals surface area contributed by atoms with Crippen molar-refractivity contribution in [3.05, 3.63) is 41.2 Å². The molecule has 0 atom stereocenters. The molecule has 0 aliphatic heterocycles. The number of aromatic nitrogens is 2. The molecule has 5 nitrogen and oxygen atoms in total. The maximum Gasteiger partial charge on any atom is 0.139 e. The zero-order valence-corrected chi connectivity index (χ0v) is 11.9. The summed E-state index contributed by atoms with van der Waals surface area (Å²) >= 11 is 0. The molecule has 2 aromatic rings. The van der Waals surface area contributed by atoms with Gasteiger partial charge >= 0.3 is 0 Å². The highest BCUT2D eigenvalue weighted by atomic mass is 15.1. The van der Waals surface area contributed by atoms with Crippen molar-refractivity contribution in [2.45, 2.75) is 20.3 Å². The highest BCUT2D eigenvalue weighted by molar-refractivity contribution is 5.64. The number of rotatable bonds is 4. The Kier molecular flexibility index (Phi) is 4.16. The maximum atomic E-state index is 8.66. The first-order chi connectivity index (χ1) is 9.63. The highest BCUT2D eigenvalue weighted by Crippen LogP contribution is 2.23. The summed E-state index contributed by atoms with van der Waals surface area (Å²) in [6.07, 6.45) is 0.426. The number of nitriles is 1. The van der Waals surface area contributed by atoms with Crippen LogP contribution in [0, 0.1) is 25.2 Å². The van der Waals surface area contributed by atoms with Crippen LogP contribution in [0.15, 0.2) is 24.3 Å². The Labute approximate surface area is 118 Å². The van der Waals surface area contributed by atoms with E-state index >= 15 is 0 Å². The van der Waals surface area contributed by atoms with Crippen LogP contribution in [-0.2, 0) is 6.42 Å². The number of hydrogen-bond acceptors (Lipinski definition) is 5. The summed E-state index contributed by atoms with van der Waals surface area (Å²) in [6, 6.07) is 9.91. The van der Waals surface area contributed by atoms with Gasteiger partial charge in [0.05, 0.1) is 12.5 Å². The van der Waals surface area contributed by atoms with Crippen molar-refractivity contribution in [2.24, 2.45) is 0 Å². The zero-order chi connectivity index (χ0) is 14.5. The van der Waals surface area contributed by atoms with E-state index in [1.165, 1.54) is 0 Å². The van der Waals surface area contributed by atoms with Gasteiger partial charge in [0.25, 0.3) is 0 Å². The average molecular weight is 267 g/mol. The second kappa shape index (κ2) is 6.02. The molecule has 20 heavy (non-hydrogen) atoms. The quantitative estimate of drug-likeness (QED) is 0.891. The van der Waals surface area contributed by atoms with E-state index < -0.39 is 0 Å². The van der Waals surface area contributed by atoms with Crippen molar-refractivity contribution < 1.29 is 0 Å². The molecule has 2 rings (SSSR count). The van der Waals surface area contributed by atoms with Gasteiger partial charge in [0.15, 0.2) is 0 Å². The monoisotopic (exact) mass is 267 g/mol. The molecule has 0 spiro atoms. The van der Waals surface area contributed by atoms with E-state index in [2.05, 4.69) is 26.7 Å². The molecule has 0 bridgehead atoms. The van der Waals surface area contributed by atoms with Crippen LogP contribution in [0.3, 0.4) is 0 Å². The van der Waals surface area contributed by atoms with Crippen molar-refractivity contribution >= 4 is 17.3 Å². The van der Waals surface area contributed by atoms with Crippen molar-refractivity contribution in [3.8, 4) is 6.07 Å². The Morgan fingerprint density at radius 3 is 2.35 bits per heavy atom. The van der Waals surface area contributed by atoms with E-state index in [9.17, 15) is 0 Å². The maximum absolute atomic E-state index is 8.66. The molecule has 1 heterocycles. The molecular weight excluding hydrogens is 250 g/mol. The number of anilines is 3. The minimum Gasteiger partial charge on any atom is -0.373 e. The molecule has 0 saturated heterocycles. The number of hydrogen-bond donors (Lipinski definition) is 2. The second-order valence-electron chi connectivity index (χ2n) is 4.50. The Morgan fingerprint density at radius 2 is 1.75 bits per heavy atom. The SMILES string of the molecule is CNc1nc(C)nc(Nc2ccc(CC#N)cc2)c1C. The minimum atomic E-state index is 0.426. The van der Waals surface area contributed by atoms with Crippen LogP contribution in [0.2, 0.25) is 0 Å². The molecule has 0 amide bonds. The molecule has 0 aliphatic carbocycles. The summed E-state index contributed by atoms with van der Waals surface area (Å²) in [5.41, 5.74) is 2.92. The number of aryl methyl sites for hydroxylation is 1.